The van der Waals surface area contributed by atoms with Gasteiger partial charge in [0.15, 0.2) is 12.5 Å². The second-order valence-corrected chi connectivity index (χ2v) is 7.49. The number of aliphatic hydroxyl groups excluding tert-OH is 2. The lowest BCUT2D eigenvalue weighted by atomic mass is 10.2. The van der Waals surface area contributed by atoms with Crippen molar-refractivity contribution in [3.8, 4) is 0 Å². The van der Waals surface area contributed by atoms with Crippen LogP contribution in [-0.2, 0) is 18.9 Å². The van der Waals surface area contributed by atoms with E-state index < -0.39 is 12.5 Å². The van der Waals surface area contributed by atoms with Crippen molar-refractivity contribution in [1.29, 1.82) is 0 Å². The van der Waals surface area contributed by atoms with Crippen LogP contribution in [0.4, 0.5) is 5.69 Å². The Hall–Kier alpha value is -1.22. The van der Waals surface area contributed by atoms with E-state index in [0.29, 0.717) is 13.2 Å². The molecule has 2 atom stereocenters. The molecule has 31 heavy (non-hydrogen) atoms. The van der Waals surface area contributed by atoms with E-state index in [0.717, 1.165) is 70.6 Å². The number of unbranched alkanes of at least 4 members (excludes halogenated alkanes) is 2. The second kappa shape index (κ2) is 19.5. The van der Waals surface area contributed by atoms with Crippen molar-refractivity contribution >= 4 is 5.69 Å². The number of rotatable bonds is 21. The highest BCUT2D eigenvalue weighted by Gasteiger charge is 2.24. The average molecular weight is 442 g/mol. The summed E-state index contributed by atoms with van der Waals surface area (Å²) in [6.07, 6.45) is 3.70. The molecule has 0 heterocycles. The summed E-state index contributed by atoms with van der Waals surface area (Å²) < 4.78 is 22.2. The van der Waals surface area contributed by atoms with Crippen LogP contribution >= 0.6 is 0 Å². The Kier molecular flexibility index (Phi) is 17.5. The Labute approximate surface area is 188 Å². The fourth-order valence-electron chi connectivity index (χ4n) is 2.99. The molecule has 2 N–H and O–H groups in total. The fourth-order valence-corrected chi connectivity index (χ4v) is 2.99. The highest BCUT2D eigenvalue weighted by molar-refractivity contribution is 5.47. The molecule has 0 aliphatic heterocycles. The van der Waals surface area contributed by atoms with E-state index in [2.05, 4.69) is 13.8 Å². The van der Waals surface area contributed by atoms with E-state index in [1.54, 1.807) is 0 Å². The van der Waals surface area contributed by atoms with Crippen molar-refractivity contribution in [3.05, 3.63) is 30.3 Å². The number of benzene rings is 1. The zero-order valence-electron chi connectivity index (χ0n) is 19.4. The van der Waals surface area contributed by atoms with Gasteiger partial charge in [-0.3, -0.25) is 0 Å². The number of para-hydroxylation sites is 1. The zero-order chi connectivity index (χ0) is 22.6. The van der Waals surface area contributed by atoms with Gasteiger partial charge in [0.25, 0.3) is 0 Å². The van der Waals surface area contributed by atoms with Gasteiger partial charge in [-0.2, -0.15) is 0 Å². The summed E-state index contributed by atoms with van der Waals surface area (Å²) in [7, 11) is 0. The quantitative estimate of drug-likeness (QED) is 0.223. The average Bonchev–Trinajstić information content (AvgIpc) is 2.78. The van der Waals surface area contributed by atoms with Crippen LogP contribution in [0.3, 0.4) is 0 Å². The normalized spacial score (nSPS) is 13.3. The molecule has 0 aliphatic rings. The molecular formula is C24H43NO6. The first-order valence-corrected chi connectivity index (χ1v) is 11.7. The minimum atomic E-state index is -0.972. The molecule has 0 saturated carbocycles. The summed E-state index contributed by atoms with van der Waals surface area (Å²) in [6.45, 7) is 8.53. The lowest BCUT2D eigenvalue weighted by Crippen LogP contribution is -2.48. The first kappa shape index (κ1) is 27.8. The molecule has 180 valence electrons. The Morgan fingerprint density at radius 2 is 1.06 bits per heavy atom. The number of nitrogens with zero attached hydrogens (tertiary/aromatic N) is 1. The largest absolute Gasteiger partial charge is 0.381 e. The van der Waals surface area contributed by atoms with Crippen molar-refractivity contribution in [1.82, 2.24) is 0 Å². The predicted octanol–water partition coefficient (Wildman–Crippen LogP) is 3.58. The van der Waals surface area contributed by atoms with Crippen molar-refractivity contribution in [2.75, 3.05) is 57.8 Å². The van der Waals surface area contributed by atoms with E-state index in [1.165, 1.54) is 4.90 Å². The Balaban J connectivity index is 2.35. The Bertz CT molecular complexity index is 478. The summed E-state index contributed by atoms with van der Waals surface area (Å²) in [6, 6.07) is 9.34. The van der Waals surface area contributed by atoms with Crippen LogP contribution < -0.4 is 4.90 Å². The molecule has 1 aromatic carbocycles. The van der Waals surface area contributed by atoms with Crippen LogP contribution in [0.15, 0.2) is 30.3 Å². The molecular weight excluding hydrogens is 398 g/mol. The standard InChI is InChI=1S/C24H43NO6/c1-3-14-28-16-8-10-18-30-20-23(26)25(22-12-6-5-7-13-22)24(27)21-31-19-11-9-17-29-15-4-2/h5-7,12-13,23-24,26-27H,3-4,8-11,14-21H2,1-2H3. The van der Waals surface area contributed by atoms with Crippen LogP contribution in [0.1, 0.15) is 52.4 Å². The van der Waals surface area contributed by atoms with E-state index in [1.807, 2.05) is 30.3 Å². The minimum absolute atomic E-state index is 0.108. The molecule has 1 aromatic rings. The summed E-state index contributed by atoms with van der Waals surface area (Å²) in [4.78, 5) is 1.54. The monoisotopic (exact) mass is 441 g/mol. The highest BCUT2D eigenvalue weighted by atomic mass is 16.5. The van der Waals surface area contributed by atoms with Gasteiger partial charge >= 0.3 is 0 Å². The van der Waals surface area contributed by atoms with Crippen molar-refractivity contribution in [2.45, 2.75) is 64.8 Å². The summed E-state index contributed by atoms with van der Waals surface area (Å²) in [5.41, 5.74) is 0.718. The van der Waals surface area contributed by atoms with Crippen molar-refractivity contribution < 1.29 is 29.2 Å². The first-order valence-electron chi connectivity index (χ1n) is 11.7. The molecule has 0 spiro atoms. The van der Waals surface area contributed by atoms with Gasteiger partial charge in [0.2, 0.25) is 0 Å². The molecule has 0 fully saturated rings. The van der Waals surface area contributed by atoms with Gasteiger partial charge in [-0.25, -0.2) is 0 Å². The van der Waals surface area contributed by atoms with Crippen LogP contribution in [0.25, 0.3) is 0 Å². The lowest BCUT2D eigenvalue weighted by molar-refractivity contribution is -0.0200. The van der Waals surface area contributed by atoms with Crippen molar-refractivity contribution in [3.63, 3.8) is 0 Å². The summed E-state index contributed by atoms with van der Waals surface area (Å²) in [5.74, 6) is 0. The Morgan fingerprint density at radius 1 is 0.645 bits per heavy atom. The molecule has 0 amide bonds. The van der Waals surface area contributed by atoms with Crippen molar-refractivity contribution in [2.24, 2.45) is 0 Å². The number of ether oxygens (including phenoxy) is 4. The van der Waals surface area contributed by atoms with E-state index in [4.69, 9.17) is 18.9 Å². The van der Waals surface area contributed by atoms with Crippen LogP contribution in [0.2, 0.25) is 0 Å². The highest BCUT2D eigenvalue weighted by Crippen LogP contribution is 2.19. The maximum absolute atomic E-state index is 10.7. The molecule has 7 nitrogen and oxygen atoms in total. The fraction of sp³-hybridized carbons (Fsp3) is 0.750. The molecule has 7 heteroatoms. The van der Waals surface area contributed by atoms with E-state index in [9.17, 15) is 10.2 Å². The predicted molar refractivity (Wildman–Crippen MR) is 123 cm³/mol. The molecule has 1 rings (SSSR count). The molecule has 0 radical (unpaired) electrons. The van der Waals surface area contributed by atoms with Gasteiger partial charge in [-0.05, 0) is 50.7 Å². The third-order valence-corrected chi connectivity index (χ3v) is 4.58. The molecule has 0 saturated heterocycles. The zero-order valence-corrected chi connectivity index (χ0v) is 19.4. The third kappa shape index (κ3) is 13.7. The van der Waals surface area contributed by atoms with Crippen LogP contribution in [-0.4, -0.2) is 75.5 Å². The minimum Gasteiger partial charge on any atom is -0.381 e. The summed E-state index contributed by atoms with van der Waals surface area (Å²) >= 11 is 0. The van der Waals surface area contributed by atoms with Crippen LogP contribution in [0, 0.1) is 0 Å². The van der Waals surface area contributed by atoms with E-state index in [-0.39, 0.29) is 13.2 Å². The van der Waals surface area contributed by atoms with Gasteiger partial charge in [0.1, 0.15) is 0 Å². The number of aliphatic hydroxyl groups is 2. The van der Waals surface area contributed by atoms with Gasteiger partial charge < -0.3 is 34.1 Å². The number of hydrogen-bond acceptors (Lipinski definition) is 7. The smallest absolute Gasteiger partial charge is 0.152 e. The number of hydrogen-bond donors (Lipinski definition) is 2. The van der Waals surface area contributed by atoms with E-state index >= 15 is 0 Å². The second-order valence-electron chi connectivity index (χ2n) is 7.49. The maximum Gasteiger partial charge on any atom is 0.152 e. The third-order valence-electron chi connectivity index (χ3n) is 4.58. The topological polar surface area (TPSA) is 80.6 Å². The molecule has 2 unspecified atom stereocenters. The molecule has 0 bridgehead atoms. The molecule has 0 aliphatic carbocycles. The maximum atomic E-state index is 10.7. The lowest BCUT2D eigenvalue weighted by Gasteiger charge is -2.34. The van der Waals surface area contributed by atoms with Gasteiger partial charge in [0.05, 0.1) is 13.2 Å². The van der Waals surface area contributed by atoms with Gasteiger partial charge in [-0.1, -0.05) is 32.0 Å². The number of anilines is 1. The summed E-state index contributed by atoms with van der Waals surface area (Å²) in [5, 5.41) is 21.3. The first-order chi connectivity index (χ1) is 15.2. The van der Waals surface area contributed by atoms with Crippen LogP contribution in [0.5, 0.6) is 0 Å². The van der Waals surface area contributed by atoms with Gasteiger partial charge in [0, 0.05) is 45.3 Å². The SMILES string of the molecule is CCCOCCCCOCC(O)N(c1ccccc1)C(O)COCCCCOCCC. The molecule has 0 aromatic heterocycles. The Morgan fingerprint density at radius 3 is 1.48 bits per heavy atom. The van der Waals surface area contributed by atoms with Gasteiger partial charge in [-0.15, -0.1) is 0 Å².